The summed E-state index contributed by atoms with van der Waals surface area (Å²) in [6.07, 6.45) is 0.650. The van der Waals surface area contributed by atoms with E-state index >= 15 is 0 Å². The van der Waals surface area contributed by atoms with Gasteiger partial charge in [-0.3, -0.25) is 9.59 Å². The van der Waals surface area contributed by atoms with Crippen LogP contribution < -0.4 is 10.1 Å². The molecular weight excluding hydrogens is 354 g/mol. The van der Waals surface area contributed by atoms with E-state index in [0.717, 1.165) is 23.4 Å². The van der Waals surface area contributed by atoms with E-state index in [9.17, 15) is 18.4 Å². The Labute approximate surface area is 156 Å². The van der Waals surface area contributed by atoms with Crippen molar-refractivity contribution in [2.24, 2.45) is 0 Å². The lowest BCUT2D eigenvalue weighted by molar-refractivity contribution is -0.129. The summed E-state index contributed by atoms with van der Waals surface area (Å²) in [6.45, 7) is 2.10. The zero-order chi connectivity index (χ0) is 19.8. The van der Waals surface area contributed by atoms with Gasteiger partial charge in [-0.1, -0.05) is 12.1 Å². The molecule has 0 saturated carbocycles. The Morgan fingerprint density at radius 3 is 2.37 bits per heavy atom. The maximum absolute atomic E-state index is 13.6. The molecule has 2 rings (SSSR count). The molecule has 0 aliphatic carbocycles. The highest BCUT2D eigenvalue weighted by molar-refractivity contribution is 5.91. The Balaban J connectivity index is 1.85. The SMILES string of the molecule is COc1ccc(CCN(CCC(=O)Nc2ccc(F)cc2F)C(C)=O)cc1. The third-order valence-electron chi connectivity index (χ3n) is 4.09. The average Bonchev–Trinajstić information content (AvgIpc) is 2.64. The molecule has 0 aliphatic rings. The summed E-state index contributed by atoms with van der Waals surface area (Å²) in [4.78, 5) is 25.4. The lowest BCUT2D eigenvalue weighted by Crippen LogP contribution is -2.33. The van der Waals surface area contributed by atoms with Crippen LogP contribution in [0.2, 0.25) is 0 Å². The van der Waals surface area contributed by atoms with Crippen LogP contribution in [0.1, 0.15) is 18.9 Å². The van der Waals surface area contributed by atoms with Gasteiger partial charge in [-0.2, -0.15) is 0 Å². The van der Waals surface area contributed by atoms with Gasteiger partial charge < -0.3 is 15.0 Å². The van der Waals surface area contributed by atoms with Crippen molar-refractivity contribution in [1.82, 2.24) is 4.90 Å². The van der Waals surface area contributed by atoms with Crippen molar-refractivity contribution >= 4 is 17.5 Å². The molecule has 0 aliphatic heterocycles. The molecule has 0 saturated heterocycles. The minimum Gasteiger partial charge on any atom is -0.497 e. The fourth-order valence-electron chi connectivity index (χ4n) is 2.52. The van der Waals surface area contributed by atoms with Gasteiger partial charge >= 0.3 is 0 Å². The summed E-state index contributed by atoms with van der Waals surface area (Å²) in [7, 11) is 1.59. The third kappa shape index (κ3) is 6.36. The monoisotopic (exact) mass is 376 g/mol. The molecule has 2 aromatic carbocycles. The number of amides is 2. The van der Waals surface area contributed by atoms with E-state index in [1.807, 2.05) is 24.3 Å². The summed E-state index contributed by atoms with van der Waals surface area (Å²) in [5, 5.41) is 2.39. The first-order valence-electron chi connectivity index (χ1n) is 8.52. The van der Waals surface area contributed by atoms with Crippen LogP contribution in [0.25, 0.3) is 0 Å². The van der Waals surface area contributed by atoms with Crippen LogP contribution in [0.4, 0.5) is 14.5 Å². The summed E-state index contributed by atoms with van der Waals surface area (Å²) >= 11 is 0. The third-order valence-corrected chi connectivity index (χ3v) is 4.09. The van der Waals surface area contributed by atoms with E-state index in [1.54, 1.807) is 12.0 Å². The van der Waals surface area contributed by atoms with Gasteiger partial charge in [0.15, 0.2) is 0 Å². The molecular formula is C20H22F2N2O3. The van der Waals surface area contributed by atoms with Gasteiger partial charge in [-0.15, -0.1) is 0 Å². The van der Waals surface area contributed by atoms with Crippen LogP contribution in [0.5, 0.6) is 5.75 Å². The highest BCUT2D eigenvalue weighted by atomic mass is 19.1. The van der Waals surface area contributed by atoms with Crippen molar-refractivity contribution in [3.05, 3.63) is 59.7 Å². The molecule has 27 heavy (non-hydrogen) atoms. The molecule has 0 spiro atoms. The molecule has 144 valence electrons. The minimum absolute atomic E-state index is 0.0129. The Morgan fingerprint density at radius 2 is 1.78 bits per heavy atom. The van der Waals surface area contributed by atoms with E-state index in [2.05, 4.69) is 5.32 Å². The predicted molar refractivity (Wildman–Crippen MR) is 98.6 cm³/mol. The number of carbonyl (C=O) groups is 2. The fourth-order valence-corrected chi connectivity index (χ4v) is 2.52. The normalized spacial score (nSPS) is 10.4. The zero-order valence-electron chi connectivity index (χ0n) is 15.3. The van der Waals surface area contributed by atoms with Gasteiger partial charge in [0.1, 0.15) is 17.4 Å². The molecule has 0 radical (unpaired) electrons. The van der Waals surface area contributed by atoms with E-state index in [-0.39, 0.29) is 24.6 Å². The molecule has 2 aromatic rings. The smallest absolute Gasteiger partial charge is 0.226 e. The Morgan fingerprint density at radius 1 is 1.07 bits per heavy atom. The Bertz CT molecular complexity index is 794. The second-order valence-corrected chi connectivity index (χ2v) is 6.03. The number of hydrogen-bond acceptors (Lipinski definition) is 3. The Hall–Kier alpha value is -2.96. The number of hydrogen-bond donors (Lipinski definition) is 1. The summed E-state index contributed by atoms with van der Waals surface area (Å²) < 4.78 is 31.6. The topological polar surface area (TPSA) is 58.6 Å². The number of benzene rings is 2. The molecule has 0 atom stereocenters. The largest absolute Gasteiger partial charge is 0.497 e. The number of nitrogens with zero attached hydrogens (tertiary/aromatic N) is 1. The van der Waals surface area contributed by atoms with Crippen LogP contribution >= 0.6 is 0 Å². The summed E-state index contributed by atoms with van der Waals surface area (Å²) in [5.41, 5.74) is 0.953. The first-order chi connectivity index (χ1) is 12.9. The number of halogens is 2. The lowest BCUT2D eigenvalue weighted by atomic mass is 10.1. The van der Waals surface area contributed by atoms with Gasteiger partial charge in [0.25, 0.3) is 0 Å². The van der Waals surface area contributed by atoms with Crippen LogP contribution in [-0.4, -0.2) is 36.9 Å². The standard InChI is InChI=1S/C20H22F2N2O3/c1-14(25)24(11-9-15-3-6-17(27-2)7-4-15)12-10-20(26)23-19-8-5-16(21)13-18(19)22/h3-8,13H,9-12H2,1-2H3,(H,23,26). The fraction of sp³-hybridized carbons (Fsp3) is 0.300. The number of nitrogens with one attached hydrogen (secondary N) is 1. The number of rotatable bonds is 8. The highest BCUT2D eigenvalue weighted by Crippen LogP contribution is 2.15. The Kier molecular flexibility index (Phi) is 7.28. The van der Waals surface area contributed by atoms with Crippen LogP contribution in [0.3, 0.4) is 0 Å². The van der Waals surface area contributed by atoms with E-state index in [4.69, 9.17) is 4.74 Å². The number of ether oxygens (including phenoxy) is 1. The molecule has 0 heterocycles. The van der Waals surface area contributed by atoms with E-state index in [1.165, 1.54) is 6.92 Å². The van der Waals surface area contributed by atoms with Gasteiger partial charge in [-0.05, 0) is 36.2 Å². The maximum Gasteiger partial charge on any atom is 0.226 e. The maximum atomic E-state index is 13.6. The molecule has 7 heteroatoms. The predicted octanol–water partition coefficient (Wildman–Crippen LogP) is 3.39. The molecule has 2 amide bonds. The molecule has 0 bridgehead atoms. The van der Waals surface area contributed by atoms with Crippen molar-refractivity contribution in [2.45, 2.75) is 19.8 Å². The van der Waals surface area contributed by atoms with Crippen LogP contribution in [0, 0.1) is 11.6 Å². The second-order valence-electron chi connectivity index (χ2n) is 6.03. The quantitative estimate of drug-likeness (QED) is 0.768. The lowest BCUT2D eigenvalue weighted by Gasteiger charge is -2.21. The first kappa shape index (κ1) is 20.4. The minimum atomic E-state index is -0.841. The molecule has 0 fully saturated rings. The average molecular weight is 376 g/mol. The summed E-state index contributed by atoms with van der Waals surface area (Å²) in [5.74, 6) is -1.40. The zero-order valence-corrected chi connectivity index (χ0v) is 15.3. The summed E-state index contributed by atoms with van der Waals surface area (Å²) in [6, 6.07) is 10.5. The molecule has 1 N–H and O–H groups in total. The van der Waals surface area contributed by atoms with Gasteiger partial charge in [0.2, 0.25) is 11.8 Å². The van der Waals surface area contributed by atoms with Crippen molar-refractivity contribution < 1.29 is 23.1 Å². The molecule has 0 aromatic heterocycles. The van der Waals surface area contributed by atoms with Crippen LogP contribution in [-0.2, 0) is 16.0 Å². The molecule has 5 nitrogen and oxygen atoms in total. The van der Waals surface area contributed by atoms with Gasteiger partial charge in [0.05, 0.1) is 12.8 Å². The van der Waals surface area contributed by atoms with Crippen molar-refractivity contribution in [3.63, 3.8) is 0 Å². The van der Waals surface area contributed by atoms with Crippen molar-refractivity contribution in [1.29, 1.82) is 0 Å². The van der Waals surface area contributed by atoms with Gasteiger partial charge in [-0.25, -0.2) is 8.78 Å². The van der Waals surface area contributed by atoms with Crippen molar-refractivity contribution in [2.75, 3.05) is 25.5 Å². The second kappa shape index (κ2) is 9.66. The van der Waals surface area contributed by atoms with Gasteiger partial charge in [0, 0.05) is 32.5 Å². The van der Waals surface area contributed by atoms with E-state index in [0.29, 0.717) is 19.0 Å². The first-order valence-corrected chi connectivity index (χ1v) is 8.52. The number of anilines is 1. The van der Waals surface area contributed by atoms with Crippen molar-refractivity contribution in [3.8, 4) is 5.75 Å². The molecule has 0 unspecified atom stereocenters. The number of carbonyl (C=O) groups excluding carboxylic acids is 2. The number of methoxy groups -OCH3 is 1. The van der Waals surface area contributed by atoms with Crippen LogP contribution in [0.15, 0.2) is 42.5 Å². The van der Waals surface area contributed by atoms with E-state index < -0.39 is 17.5 Å². The highest BCUT2D eigenvalue weighted by Gasteiger charge is 2.13.